The number of nitrogens with zero attached hydrogens (tertiary/aromatic N) is 1. The Hall–Kier alpha value is -1.06. The lowest BCUT2D eigenvalue weighted by Crippen LogP contribution is -2.35. The van der Waals surface area contributed by atoms with Crippen LogP contribution in [0.5, 0.6) is 0 Å². The van der Waals surface area contributed by atoms with E-state index in [2.05, 4.69) is 54.5 Å². The molecule has 0 amide bonds. The molecule has 94 valence electrons. The predicted molar refractivity (Wildman–Crippen MR) is 78.9 cm³/mol. The zero-order valence-electron chi connectivity index (χ0n) is 11.0. The van der Waals surface area contributed by atoms with Crippen molar-refractivity contribution in [2.45, 2.75) is 31.7 Å². The van der Waals surface area contributed by atoms with Crippen molar-refractivity contribution in [1.29, 1.82) is 0 Å². The van der Waals surface area contributed by atoms with Crippen molar-refractivity contribution in [2.24, 2.45) is 0 Å². The standard InChI is InChI=1S/C15H18N2S/c1-10-4-5-11-8-12(6-7-13(11)16-10)14-17-15(2,3)9-18-14/h4-8,14,17H,9H2,1-3H3. The number of hydrogen-bond donors (Lipinski definition) is 1. The van der Waals surface area contributed by atoms with Crippen molar-refractivity contribution in [3.05, 3.63) is 41.6 Å². The number of hydrogen-bond acceptors (Lipinski definition) is 3. The van der Waals surface area contributed by atoms with E-state index in [0.29, 0.717) is 5.37 Å². The summed E-state index contributed by atoms with van der Waals surface area (Å²) in [5.41, 5.74) is 3.74. The van der Waals surface area contributed by atoms with E-state index < -0.39 is 0 Å². The van der Waals surface area contributed by atoms with E-state index >= 15 is 0 Å². The molecule has 0 saturated carbocycles. The maximum atomic E-state index is 4.54. The van der Waals surface area contributed by atoms with Crippen LogP contribution in [0.3, 0.4) is 0 Å². The molecule has 2 nitrogen and oxygen atoms in total. The summed E-state index contributed by atoms with van der Waals surface area (Å²) in [7, 11) is 0. The van der Waals surface area contributed by atoms with Crippen molar-refractivity contribution < 1.29 is 0 Å². The van der Waals surface area contributed by atoms with Gasteiger partial charge in [0.15, 0.2) is 0 Å². The third kappa shape index (κ3) is 2.25. The highest BCUT2D eigenvalue weighted by Gasteiger charge is 2.31. The third-order valence-corrected chi connectivity index (χ3v) is 4.90. The number of fused-ring (bicyclic) bond motifs is 1. The average Bonchev–Trinajstić information content (AvgIpc) is 2.69. The summed E-state index contributed by atoms with van der Waals surface area (Å²) in [5, 5.41) is 5.30. The molecule has 1 aromatic carbocycles. The number of pyridine rings is 1. The number of aromatic nitrogens is 1. The van der Waals surface area contributed by atoms with E-state index in [0.717, 1.165) is 17.0 Å². The lowest BCUT2D eigenvalue weighted by molar-refractivity contribution is 0.452. The van der Waals surface area contributed by atoms with Gasteiger partial charge in [-0.05, 0) is 44.5 Å². The summed E-state index contributed by atoms with van der Waals surface area (Å²) in [6.45, 7) is 6.54. The molecule has 0 radical (unpaired) electrons. The maximum Gasteiger partial charge on any atom is 0.0794 e. The smallest absolute Gasteiger partial charge is 0.0794 e. The van der Waals surface area contributed by atoms with Crippen LogP contribution in [0.25, 0.3) is 10.9 Å². The molecule has 0 bridgehead atoms. The van der Waals surface area contributed by atoms with Crippen molar-refractivity contribution in [3.8, 4) is 0 Å². The highest BCUT2D eigenvalue weighted by atomic mass is 32.2. The highest BCUT2D eigenvalue weighted by Crippen LogP contribution is 2.37. The normalized spacial score (nSPS) is 22.5. The summed E-state index contributed by atoms with van der Waals surface area (Å²) in [5.74, 6) is 1.15. The number of rotatable bonds is 1. The van der Waals surface area contributed by atoms with Crippen molar-refractivity contribution in [3.63, 3.8) is 0 Å². The van der Waals surface area contributed by atoms with Crippen molar-refractivity contribution >= 4 is 22.7 Å². The van der Waals surface area contributed by atoms with Gasteiger partial charge in [-0.15, -0.1) is 11.8 Å². The molecule has 3 rings (SSSR count). The zero-order chi connectivity index (χ0) is 12.8. The third-order valence-electron chi connectivity index (χ3n) is 3.29. The summed E-state index contributed by atoms with van der Waals surface area (Å²) in [6, 6.07) is 10.8. The van der Waals surface area contributed by atoms with Gasteiger partial charge < -0.3 is 0 Å². The van der Waals surface area contributed by atoms with Crippen LogP contribution in [-0.2, 0) is 0 Å². The summed E-state index contributed by atoms with van der Waals surface area (Å²) in [4.78, 5) is 4.54. The van der Waals surface area contributed by atoms with Crippen molar-refractivity contribution in [2.75, 3.05) is 5.75 Å². The second-order valence-electron chi connectivity index (χ2n) is 5.62. The zero-order valence-corrected chi connectivity index (χ0v) is 11.8. The fourth-order valence-corrected chi connectivity index (χ4v) is 3.73. The van der Waals surface area contributed by atoms with Crippen LogP contribution >= 0.6 is 11.8 Å². The van der Waals surface area contributed by atoms with Crippen LogP contribution in [0, 0.1) is 6.92 Å². The molecular formula is C15H18N2S. The van der Waals surface area contributed by atoms with E-state index in [1.165, 1.54) is 10.9 Å². The van der Waals surface area contributed by atoms with Crippen LogP contribution in [0.15, 0.2) is 30.3 Å². The van der Waals surface area contributed by atoms with Crippen LogP contribution in [0.4, 0.5) is 0 Å². The molecule has 0 spiro atoms. The maximum absolute atomic E-state index is 4.54. The van der Waals surface area contributed by atoms with Crippen LogP contribution in [0.2, 0.25) is 0 Å². The van der Waals surface area contributed by atoms with Gasteiger partial charge in [-0.25, -0.2) is 0 Å². The molecule has 2 heterocycles. The van der Waals surface area contributed by atoms with Gasteiger partial charge in [-0.1, -0.05) is 12.1 Å². The van der Waals surface area contributed by atoms with Gasteiger partial charge in [0, 0.05) is 22.4 Å². The van der Waals surface area contributed by atoms with Gasteiger partial charge in [0.25, 0.3) is 0 Å². The van der Waals surface area contributed by atoms with E-state index in [1.807, 2.05) is 18.7 Å². The monoisotopic (exact) mass is 258 g/mol. The molecule has 2 aromatic rings. The van der Waals surface area contributed by atoms with Gasteiger partial charge in [0.2, 0.25) is 0 Å². The minimum Gasteiger partial charge on any atom is -0.296 e. The quantitative estimate of drug-likeness (QED) is 0.845. The van der Waals surface area contributed by atoms with E-state index in [1.54, 1.807) is 0 Å². The second-order valence-corrected chi connectivity index (χ2v) is 6.72. The van der Waals surface area contributed by atoms with E-state index in [-0.39, 0.29) is 5.54 Å². The molecule has 3 heteroatoms. The lowest BCUT2D eigenvalue weighted by Gasteiger charge is -2.19. The molecule has 1 atom stereocenters. The van der Waals surface area contributed by atoms with Gasteiger partial charge in [-0.2, -0.15) is 0 Å². The molecule has 1 aliphatic rings. The largest absolute Gasteiger partial charge is 0.296 e. The Morgan fingerprint density at radius 3 is 2.83 bits per heavy atom. The first-order valence-electron chi connectivity index (χ1n) is 6.30. The van der Waals surface area contributed by atoms with Crippen molar-refractivity contribution in [1.82, 2.24) is 10.3 Å². The SMILES string of the molecule is Cc1ccc2cc(C3NC(C)(C)CS3)ccc2n1. The summed E-state index contributed by atoms with van der Waals surface area (Å²) >= 11 is 1.98. The van der Waals surface area contributed by atoms with Gasteiger partial charge in [0.05, 0.1) is 10.9 Å². The number of thioether (sulfide) groups is 1. The average molecular weight is 258 g/mol. The first kappa shape index (κ1) is 12.0. The Morgan fingerprint density at radius 1 is 1.28 bits per heavy atom. The number of aryl methyl sites for hydroxylation is 1. The Morgan fingerprint density at radius 2 is 2.11 bits per heavy atom. The first-order chi connectivity index (χ1) is 8.53. The molecular weight excluding hydrogens is 240 g/mol. The summed E-state index contributed by atoms with van der Waals surface area (Å²) < 4.78 is 0. The number of nitrogens with one attached hydrogen (secondary N) is 1. The van der Waals surface area contributed by atoms with Gasteiger partial charge in [-0.3, -0.25) is 10.3 Å². The fraction of sp³-hybridized carbons (Fsp3) is 0.400. The summed E-state index contributed by atoms with van der Waals surface area (Å²) in [6.07, 6.45) is 0. The van der Waals surface area contributed by atoms with Crippen LogP contribution in [-0.4, -0.2) is 16.3 Å². The Labute approximate surface area is 112 Å². The van der Waals surface area contributed by atoms with E-state index in [9.17, 15) is 0 Å². The molecule has 1 saturated heterocycles. The molecule has 18 heavy (non-hydrogen) atoms. The molecule has 1 fully saturated rings. The first-order valence-corrected chi connectivity index (χ1v) is 7.35. The number of benzene rings is 1. The Bertz CT molecular complexity index is 592. The Kier molecular flexibility index (Phi) is 2.83. The Balaban J connectivity index is 1.97. The highest BCUT2D eigenvalue weighted by molar-refractivity contribution is 7.99. The van der Waals surface area contributed by atoms with Gasteiger partial charge in [0.1, 0.15) is 0 Å². The topological polar surface area (TPSA) is 24.9 Å². The minimum atomic E-state index is 0.232. The minimum absolute atomic E-state index is 0.232. The molecule has 1 aliphatic heterocycles. The van der Waals surface area contributed by atoms with E-state index in [4.69, 9.17) is 0 Å². The lowest BCUT2D eigenvalue weighted by atomic mass is 10.1. The second kappa shape index (κ2) is 4.25. The molecule has 1 aromatic heterocycles. The molecule has 1 unspecified atom stereocenters. The molecule has 1 N–H and O–H groups in total. The van der Waals surface area contributed by atoms with Crippen LogP contribution in [0.1, 0.15) is 30.5 Å². The fourth-order valence-electron chi connectivity index (χ4n) is 2.32. The van der Waals surface area contributed by atoms with Gasteiger partial charge >= 0.3 is 0 Å². The predicted octanol–water partition coefficient (Wildman–Crippen LogP) is 3.66. The molecule has 0 aliphatic carbocycles. The van der Waals surface area contributed by atoms with Crippen LogP contribution < -0.4 is 5.32 Å².